The fourth-order valence-corrected chi connectivity index (χ4v) is 3.67. The Morgan fingerprint density at radius 1 is 1.32 bits per heavy atom. The molecule has 1 N–H and O–H groups in total. The maximum Gasteiger partial charge on any atom is 0.414 e. The van der Waals surface area contributed by atoms with Crippen LogP contribution in [0.4, 0.5) is 20.6 Å². The Morgan fingerprint density at radius 3 is 2.65 bits per heavy atom. The molecule has 1 aromatic rings. The van der Waals surface area contributed by atoms with Gasteiger partial charge in [0, 0.05) is 39.2 Å². The zero-order valence-corrected chi connectivity index (χ0v) is 18.9. The van der Waals surface area contributed by atoms with Crippen molar-refractivity contribution in [3.05, 3.63) is 24.0 Å². The molecule has 170 valence electrons. The minimum absolute atomic E-state index is 0.0504. The Kier molecular flexibility index (Phi) is 7.66. The van der Waals surface area contributed by atoms with Gasteiger partial charge in [-0.3, -0.25) is 9.69 Å². The van der Waals surface area contributed by atoms with Crippen molar-refractivity contribution < 1.29 is 23.5 Å². The highest BCUT2D eigenvalue weighted by Crippen LogP contribution is 2.28. The van der Waals surface area contributed by atoms with Gasteiger partial charge < -0.3 is 24.6 Å². The molecule has 2 saturated heterocycles. The van der Waals surface area contributed by atoms with Crippen LogP contribution in [0.1, 0.15) is 13.8 Å². The Labute approximate surface area is 187 Å². The number of piperazine rings is 1. The van der Waals surface area contributed by atoms with Crippen LogP contribution in [0, 0.1) is 11.7 Å². The van der Waals surface area contributed by atoms with Gasteiger partial charge in [-0.05, 0) is 18.2 Å². The van der Waals surface area contributed by atoms with E-state index in [-0.39, 0.29) is 24.5 Å². The Balaban J connectivity index is 1.59. The molecule has 8 nitrogen and oxygen atoms in total. The minimum Gasteiger partial charge on any atom is -0.442 e. The van der Waals surface area contributed by atoms with Crippen LogP contribution >= 0.6 is 12.2 Å². The van der Waals surface area contributed by atoms with E-state index in [0.29, 0.717) is 55.6 Å². The SMILES string of the molecule is COCC(=O)N1CCN(c2ccc(N3CC(CNC(=S)C(C)C)OC3=O)cc2F)CC1. The molecular weight excluding hydrogens is 423 g/mol. The summed E-state index contributed by atoms with van der Waals surface area (Å²) in [6.07, 6.45) is -0.857. The van der Waals surface area contributed by atoms with Gasteiger partial charge in [0.15, 0.2) is 0 Å². The van der Waals surface area contributed by atoms with E-state index in [0.717, 1.165) is 0 Å². The lowest BCUT2D eigenvalue weighted by Crippen LogP contribution is -2.50. The van der Waals surface area contributed by atoms with Crippen molar-refractivity contribution in [3.63, 3.8) is 0 Å². The number of carbonyl (C=O) groups excluding carboxylic acids is 2. The number of anilines is 2. The molecule has 2 aliphatic rings. The number of halogens is 1. The highest BCUT2D eigenvalue weighted by molar-refractivity contribution is 7.80. The third-order valence-corrected chi connectivity index (χ3v) is 6.00. The number of cyclic esters (lactones) is 1. The number of benzene rings is 1. The van der Waals surface area contributed by atoms with Crippen molar-refractivity contribution in [2.45, 2.75) is 20.0 Å². The first-order valence-electron chi connectivity index (χ1n) is 10.4. The monoisotopic (exact) mass is 452 g/mol. The molecule has 0 spiro atoms. The van der Waals surface area contributed by atoms with Crippen LogP contribution in [0.5, 0.6) is 0 Å². The Morgan fingerprint density at radius 2 is 2.03 bits per heavy atom. The largest absolute Gasteiger partial charge is 0.442 e. The van der Waals surface area contributed by atoms with Gasteiger partial charge in [-0.15, -0.1) is 0 Å². The average molecular weight is 453 g/mol. The molecule has 0 radical (unpaired) electrons. The standard InChI is InChI=1S/C21H29FN4O4S/c1-14(2)20(31)23-11-16-12-26(21(28)30-16)15-4-5-18(17(22)10-15)24-6-8-25(9-7-24)19(27)13-29-3/h4-5,10,14,16H,6-9,11-13H2,1-3H3,(H,23,31). The predicted molar refractivity (Wildman–Crippen MR) is 120 cm³/mol. The summed E-state index contributed by atoms with van der Waals surface area (Å²) in [5.41, 5.74) is 0.907. The van der Waals surface area contributed by atoms with Gasteiger partial charge in [0.25, 0.3) is 0 Å². The van der Waals surface area contributed by atoms with E-state index < -0.39 is 11.9 Å². The summed E-state index contributed by atoms with van der Waals surface area (Å²) in [5.74, 6) is -0.266. The lowest BCUT2D eigenvalue weighted by Gasteiger charge is -2.36. The molecule has 0 aromatic heterocycles. The molecular formula is C21H29FN4O4S. The number of hydrogen-bond acceptors (Lipinski definition) is 6. The van der Waals surface area contributed by atoms with Crippen LogP contribution in [0.2, 0.25) is 0 Å². The van der Waals surface area contributed by atoms with Crippen molar-refractivity contribution in [3.8, 4) is 0 Å². The van der Waals surface area contributed by atoms with Crippen LogP contribution in [-0.2, 0) is 14.3 Å². The van der Waals surface area contributed by atoms with E-state index in [1.807, 2.05) is 18.7 Å². The topological polar surface area (TPSA) is 74.3 Å². The molecule has 2 heterocycles. The van der Waals surface area contributed by atoms with Gasteiger partial charge in [0.05, 0.1) is 29.5 Å². The highest BCUT2D eigenvalue weighted by atomic mass is 32.1. The molecule has 2 aliphatic heterocycles. The van der Waals surface area contributed by atoms with Crippen LogP contribution in [0.15, 0.2) is 18.2 Å². The van der Waals surface area contributed by atoms with Crippen LogP contribution in [0.25, 0.3) is 0 Å². The maximum atomic E-state index is 14.9. The number of rotatable bonds is 7. The van der Waals surface area contributed by atoms with Crippen molar-refractivity contribution >= 4 is 40.6 Å². The highest BCUT2D eigenvalue weighted by Gasteiger charge is 2.33. The summed E-state index contributed by atoms with van der Waals surface area (Å²) in [5, 5.41) is 3.11. The number of nitrogens with zero attached hydrogens (tertiary/aromatic N) is 3. The molecule has 2 fully saturated rings. The van der Waals surface area contributed by atoms with Gasteiger partial charge >= 0.3 is 6.09 Å². The van der Waals surface area contributed by atoms with E-state index in [1.54, 1.807) is 17.0 Å². The number of nitrogens with one attached hydrogen (secondary N) is 1. The zero-order chi connectivity index (χ0) is 22.5. The average Bonchev–Trinajstić information content (AvgIpc) is 3.12. The second kappa shape index (κ2) is 10.2. The predicted octanol–water partition coefficient (Wildman–Crippen LogP) is 2.02. The van der Waals surface area contributed by atoms with Gasteiger partial charge in [0.2, 0.25) is 5.91 Å². The zero-order valence-electron chi connectivity index (χ0n) is 18.1. The number of ether oxygens (including phenoxy) is 2. The number of methoxy groups -OCH3 is 1. The van der Waals surface area contributed by atoms with Gasteiger partial charge in [-0.25, -0.2) is 9.18 Å². The Hall–Kier alpha value is -2.46. The summed E-state index contributed by atoms with van der Waals surface area (Å²) in [6.45, 7) is 6.85. The molecule has 0 saturated carbocycles. The first-order chi connectivity index (χ1) is 14.8. The lowest BCUT2D eigenvalue weighted by atomic mass is 10.2. The second-order valence-electron chi connectivity index (χ2n) is 7.95. The molecule has 1 atom stereocenters. The summed E-state index contributed by atoms with van der Waals surface area (Å²) < 4.78 is 25.1. The van der Waals surface area contributed by atoms with Crippen molar-refractivity contribution in [2.75, 3.05) is 62.8 Å². The molecule has 1 unspecified atom stereocenters. The molecule has 3 rings (SSSR count). The summed E-state index contributed by atoms with van der Waals surface area (Å²) in [6, 6.07) is 4.74. The van der Waals surface area contributed by atoms with Gasteiger partial charge in [0.1, 0.15) is 18.5 Å². The smallest absolute Gasteiger partial charge is 0.414 e. The van der Waals surface area contributed by atoms with Gasteiger partial charge in [-0.1, -0.05) is 26.1 Å². The molecule has 1 aromatic carbocycles. The summed E-state index contributed by atoms with van der Waals surface area (Å²) in [4.78, 5) is 30.0. The molecule has 31 heavy (non-hydrogen) atoms. The number of thiocarbonyl (C=S) groups is 1. The third-order valence-electron chi connectivity index (χ3n) is 5.39. The van der Waals surface area contributed by atoms with Crippen molar-refractivity contribution in [1.82, 2.24) is 10.2 Å². The fraction of sp³-hybridized carbons (Fsp3) is 0.571. The molecule has 0 bridgehead atoms. The molecule has 0 aliphatic carbocycles. The molecule has 2 amide bonds. The van der Waals surface area contributed by atoms with Crippen LogP contribution in [0.3, 0.4) is 0 Å². The van der Waals surface area contributed by atoms with Crippen molar-refractivity contribution in [1.29, 1.82) is 0 Å². The van der Waals surface area contributed by atoms with E-state index >= 15 is 0 Å². The lowest BCUT2D eigenvalue weighted by molar-refractivity contribution is -0.135. The second-order valence-corrected chi connectivity index (χ2v) is 8.39. The normalized spacial score (nSPS) is 19.1. The van der Waals surface area contributed by atoms with E-state index in [4.69, 9.17) is 21.7 Å². The van der Waals surface area contributed by atoms with E-state index in [9.17, 15) is 14.0 Å². The van der Waals surface area contributed by atoms with Crippen LogP contribution in [-0.4, -0.2) is 81.0 Å². The Bertz CT molecular complexity index is 830. The first kappa shape index (κ1) is 23.2. The van der Waals surface area contributed by atoms with Gasteiger partial charge in [-0.2, -0.15) is 0 Å². The summed E-state index contributed by atoms with van der Waals surface area (Å²) in [7, 11) is 1.49. The quantitative estimate of drug-likeness (QED) is 0.635. The van der Waals surface area contributed by atoms with Crippen molar-refractivity contribution in [2.24, 2.45) is 5.92 Å². The maximum absolute atomic E-state index is 14.9. The number of carbonyl (C=O) groups is 2. The number of amides is 2. The number of hydrogen-bond donors (Lipinski definition) is 1. The van der Waals surface area contributed by atoms with Crippen LogP contribution < -0.4 is 15.1 Å². The third kappa shape index (κ3) is 5.62. The summed E-state index contributed by atoms with van der Waals surface area (Å²) >= 11 is 5.25. The first-order valence-corrected chi connectivity index (χ1v) is 10.8. The fourth-order valence-electron chi connectivity index (χ4n) is 3.59. The van der Waals surface area contributed by atoms with E-state index in [1.165, 1.54) is 18.1 Å². The molecule has 10 heteroatoms. The van der Waals surface area contributed by atoms with E-state index in [2.05, 4.69) is 5.32 Å². The minimum atomic E-state index is -0.500.